The topological polar surface area (TPSA) is 106 Å². The molecule has 188 valence electrons. The average Bonchev–Trinajstić information content (AvgIpc) is 3.53. The second kappa shape index (κ2) is 10.0. The first kappa shape index (κ1) is 24.5. The van der Waals surface area contributed by atoms with Crippen molar-refractivity contribution in [3.05, 3.63) is 89.1 Å². The zero-order chi connectivity index (χ0) is 26.1. The molecule has 5 rings (SSSR count). The van der Waals surface area contributed by atoms with E-state index in [1.807, 2.05) is 13.2 Å². The number of carbonyl (C=O) groups excluding carboxylic acids is 2. The number of hydrogen-bond acceptors (Lipinski definition) is 5. The molecule has 37 heavy (non-hydrogen) atoms. The van der Waals surface area contributed by atoms with E-state index in [0.29, 0.717) is 35.7 Å². The van der Waals surface area contributed by atoms with E-state index in [2.05, 4.69) is 15.4 Å². The molecule has 2 aromatic carbocycles. The standard InChI is InChI=1S/C27H24ClFN6O2/c1-34-14-19(13-32-34)18-10-23(25(30)31-12-18)26(36)33-21-8-9-35(15-21)27(37)17-4-2-16(3-5-17)22-7-6-20(29)11-24(22)28/h2-7,10-14,21H,8-9,15H2,1H3,(H2,30,31)(H,33,36)/t21-/m1/s1. The van der Waals surface area contributed by atoms with Crippen molar-refractivity contribution in [2.24, 2.45) is 7.05 Å². The fraction of sp³-hybridized carbons (Fsp3) is 0.185. The van der Waals surface area contributed by atoms with Gasteiger partial charge in [0, 0.05) is 60.8 Å². The van der Waals surface area contributed by atoms with Gasteiger partial charge in [-0.2, -0.15) is 5.10 Å². The lowest BCUT2D eigenvalue weighted by Gasteiger charge is -2.18. The van der Waals surface area contributed by atoms with Crippen LogP contribution in [0.3, 0.4) is 0 Å². The number of aryl methyl sites for hydroxylation is 1. The number of nitrogens with one attached hydrogen (secondary N) is 1. The highest BCUT2D eigenvalue weighted by Gasteiger charge is 2.29. The minimum Gasteiger partial charge on any atom is -0.383 e. The van der Waals surface area contributed by atoms with Crippen LogP contribution >= 0.6 is 11.6 Å². The molecule has 1 aliphatic rings. The molecule has 0 radical (unpaired) electrons. The molecule has 1 saturated heterocycles. The third kappa shape index (κ3) is 5.17. The Morgan fingerprint density at radius 3 is 2.57 bits per heavy atom. The van der Waals surface area contributed by atoms with Crippen LogP contribution in [0.15, 0.2) is 67.1 Å². The largest absolute Gasteiger partial charge is 0.383 e. The van der Waals surface area contributed by atoms with E-state index in [-0.39, 0.29) is 29.2 Å². The second-order valence-corrected chi connectivity index (χ2v) is 9.38. The molecule has 0 aliphatic carbocycles. The van der Waals surface area contributed by atoms with Gasteiger partial charge >= 0.3 is 0 Å². The third-order valence-corrected chi connectivity index (χ3v) is 6.70. The summed E-state index contributed by atoms with van der Waals surface area (Å²) in [5.74, 6) is -0.738. The first-order chi connectivity index (χ1) is 17.8. The van der Waals surface area contributed by atoms with Crippen LogP contribution < -0.4 is 11.1 Å². The molecule has 3 N–H and O–H groups in total. The summed E-state index contributed by atoms with van der Waals surface area (Å²) < 4.78 is 15.0. The second-order valence-electron chi connectivity index (χ2n) is 8.97. The van der Waals surface area contributed by atoms with Crippen LogP contribution in [-0.4, -0.2) is 50.6 Å². The van der Waals surface area contributed by atoms with Gasteiger partial charge in [0.1, 0.15) is 11.6 Å². The van der Waals surface area contributed by atoms with Crippen molar-refractivity contribution >= 4 is 29.2 Å². The fourth-order valence-corrected chi connectivity index (χ4v) is 4.69. The molecule has 0 saturated carbocycles. The van der Waals surface area contributed by atoms with Gasteiger partial charge in [-0.3, -0.25) is 14.3 Å². The van der Waals surface area contributed by atoms with E-state index >= 15 is 0 Å². The molecule has 2 aromatic heterocycles. The zero-order valence-corrected chi connectivity index (χ0v) is 20.7. The number of halogens is 2. The molecule has 1 fully saturated rings. The summed E-state index contributed by atoms with van der Waals surface area (Å²) >= 11 is 6.16. The van der Waals surface area contributed by atoms with E-state index in [9.17, 15) is 14.0 Å². The van der Waals surface area contributed by atoms with Gasteiger partial charge in [-0.1, -0.05) is 23.7 Å². The van der Waals surface area contributed by atoms with Gasteiger partial charge in [0.2, 0.25) is 0 Å². The summed E-state index contributed by atoms with van der Waals surface area (Å²) in [4.78, 5) is 31.9. The number of nitrogen functional groups attached to an aromatic ring is 1. The van der Waals surface area contributed by atoms with Gasteiger partial charge in [-0.25, -0.2) is 9.37 Å². The normalized spacial score (nSPS) is 15.1. The minimum atomic E-state index is -0.406. The van der Waals surface area contributed by atoms with Crippen LogP contribution in [0.4, 0.5) is 10.2 Å². The number of anilines is 1. The van der Waals surface area contributed by atoms with Crippen LogP contribution in [0.5, 0.6) is 0 Å². The van der Waals surface area contributed by atoms with E-state index in [1.54, 1.807) is 58.4 Å². The van der Waals surface area contributed by atoms with E-state index in [0.717, 1.165) is 16.7 Å². The van der Waals surface area contributed by atoms with Crippen LogP contribution in [0, 0.1) is 5.82 Å². The maximum Gasteiger partial charge on any atom is 0.255 e. The van der Waals surface area contributed by atoms with Crippen molar-refractivity contribution in [3.63, 3.8) is 0 Å². The highest BCUT2D eigenvalue weighted by Crippen LogP contribution is 2.29. The summed E-state index contributed by atoms with van der Waals surface area (Å²) in [7, 11) is 1.81. The predicted molar refractivity (Wildman–Crippen MR) is 139 cm³/mol. The maximum atomic E-state index is 13.3. The molecule has 1 atom stereocenters. The molecule has 0 bridgehead atoms. The van der Waals surface area contributed by atoms with Crippen LogP contribution in [0.25, 0.3) is 22.3 Å². The zero-order valence-electron chi connectivity index (χ0n) is 20.0. The lowest BCUT2D eigenvalue weighted by molar-refractivity contribution is 0.0783. The summed E-state index contributed by atoms with van der Waals surface area (Å²) in [5, 5.41) is 7.43. The number of benzene rings is 2. The summed E-state index contributed by atoms with van der Waals surface area (Å²) in [6, 6.07) is 12.7. The maximum absolute atomic E-state index is 13.3. The van der Waals surface area contributed by atoms with Gasteiger partial charge in [-0.05, 0) is 48.4 Å². The Hall–Kier alpha value is -4.24. The fourth-order valence-electron chi connectivity index (χ4n) is 4.41. The molecule has 3 heterocycles. The van der Waals surface area contributed by atoms with Crippen molar-refractivity contribution in [1.29, 1.82) is 0 Å². The lowest BCUT2D eigenvalue weighted by atomic mass is 10.0. The molecule has 10 heteroatoms. The quantitative estimate of drug-likeness (QED) is 0.412. The smallest absolute Gasteiger partial charge is 0.255 e. The number of carbonyl (C=O) groups is 2. The van der Waals surface area contributed by atoms with Crippen molar-refractivity contribution < 1.29 is 14.0 Å². The van der Waals surface area contributed by atoms with Crippen molar-refractivity contribution in [2.75, 3.05) is 18.8 Å². The van der Waals surface area contributed by atoms with Crippen molar-refractivity contribution in [2.45, 2.75) is 12.5 Å². The summed E-state index contributed by atoms with van der Waals surface area (Å²) in [5.41, 5.74) is 9.82. The number of rotatable bonds is 5. The lowest BCUT2D eigenvalue weighted by Crippen LogP contribution is -2.38. The summed E-state index contributed by atoms with van der Waals surface area (Å²) in [6.45, 7) is 0.893. The Balaban J connectivity index is 1.23. The SMILES string of the molecule is Cn1cc(-c2cnc(N)c(C(=O)N[C@@H]3CCN(C(=O)c4ccc(-c5ccc(F)cc5Cl)cc4)C3)c2)cn1. The van der Waals surface area contributed by atoms with Gasteiger partial charge in [0.15, 0.2) is 0 Å². The van der Waals surface area contributed by atoms with Gasteiger partial charge in [0.25, 0.3) is 11.8 Å². The predicted octanol–water partition coefficient (Wildman–Crippen LogP) is 4.17. The minimum absolute atomic E-state index is 0.131. The monoisotopic (exact) mass is 518 g/mol. The Morgan fingerprint density at radius 1 is 1.08 bits per heavy atom. The van der Waals surface area contributed by atoms with Crippen LogP contribution in [-0.2, 0) is 7.05 Å². The molecular formula is C27H24ClFN6O2. The molecule has 0 unspecified atom stereocenters. The number of nitrogens with two attached hydrogens (primary N) is 1. The Morgan fingerprint density at radius 2 is 1.86 bits per heavy atom. The van der Waals surface area contributed by atoms with Crippen LogP contribution in [0.2, 0.25) is 5.02 Å². The van der Waals surface area contributed by atoms with Crippen LogP contribution in [0.1, 0.15) is 27.1 Å². The molecule has 4 aromatic rings. The number of nitrogens with zero attached hydrogens (tertiary/aromatic N) is 4. The number of likely N-dealkylation sites (tertiary alicyclic amines) is 1. The average molecular weight is 519 g/mol. The first-order valence-corrected chi connectivity index (χ1v) is 12.1. The Bertz CT molecular complexity index is 1490. The Labute approximate surface area is 217 Å². The van der Waals surface area contributed by atoms with E-state index in [4.69, 9.17) is 17.3 Å². The van der Waals surface area contributed by atoms with Crippen molar-refractivity contribution in [1.82, 2.24) is 25.0 Å². The highest BCUT2D eigenvalue weighted by atomic mass is 35.5. The molecule has 0 spiro atoms. The van der Waals surface area contributed by atoms with E-state index < -0.39 is 5.82 Å². The number of amides is 2. The highest BCUT2D eigenvalue weighted by molar-refractivity contribution is 6.33. The molecular weight excluding hydrogens is 495 g/mol. The van der Waals surface area contributed by atoms with Gasteiger partial charge < -0.3 is 16.0 Å². The molecule has 1 aliphatic heterocycles. The van der Waals surface area contributed by atoms with E-state index in [1.165, 1.54) is 12.1 Å². The Kier molecular flexibility index (Phi) is 6.62. The number of aromatic nitrogens is 3. The van der Waals surface area contributed by atoms with Gasteiger partial charge in [0.05, 0.1) is 16.8 Å². The molecule has 8 nitrogen and oxygen atoms in total. The van der Waals surface area contributed by atoms with Crippen molar-refractivity contribution in [3.8, 4) is 22.3 Å². The summed E-state index contributed by atoms with van der Waals surface area (Å²) in [6.07, 6.45) is 5.75. The number of pyridine rings is 1. The first-order valence-electron chi connectivity index (χ1n) is 11.7. The third-order valence-electron chi connectivity index (χ3n) is 6.39. The molecule has 2 amide bonds. The van der Waals surface area contributed by atoms with Gasteiger partial charge in [-0.15, -0.1) is 0 Å². The number of hydrogen-bond donors (Lipinski definition) is 2.